The van der Waals surface area contributed by atoms with Gasteiger partial charge in [0.2, 0.25) is 5.91 Å². The molecule has 2 heterocycles. The number of pyridine rings is 1. The summed E-state index contributed by atoms with van der Waals surface area (Å²) in [5.74, 6) is 0.955. The lowest BCUT2D eigenvalue weighted by molar-refractivity contribution is -0.121. The van der Waals surface area contributed by atoms with Gasteiger partial charge in [-0.15, -0.1) is 0 Å². The molecule has 26 heavy (non-hydrogen) atoms. The van der Waals surface area contributed by atoms with E-state index in [4.69, 9.17) is 4.74 Å². The van der Waals surface area contributed by atoms with Gasteiger partial charge in [-0.1, -0.05) is 12.1 Å². The van der Waals surface area contributed by atoms with Crippen LogP contribution in [0.25, 0.3) is 10.8 Å². The van der Waals surface area contributed by atoms with Crippen molar-refractivity contribution in [3.63, 3.8) is 0 Å². The Bertz CT molecular complexity index is 865. The van der Waals surface area contributed by atoms with E-state index in [2.05, 4.69) is 20.3 Å². The van der Waals surface area contributed by atoms with Gasteiger partial charge in [0.1, 0.15) is 5.75 Å². The van der Waals surface area contributed by atoms with Crippen LogP contribution in [0.15, 0.2) is 49.2 Å². The molecule has 1 fully saturated rings. The lowest BCUT2D eigenvalue weighted by atomic mass is 9.92. The maximum Gasteiger partial charge on any atom is 0.226 e. The highest BCUT2D eigenvalue weighted by molar-refractivity contribution is 5.87. The maximum absolute atomic E-state index is 12.1. The molecule has 2 aromatic heterocycles. The molecule has 134 valence electrons. The molecule has 1 aliphatic carbocycles. The second-order valence-corrected chi connectivity index (χ2v) is 6.77. The van der Waals surface area contributed by atoms with Gasteiger partial charge < -0.3 is 15.0 Å². The van der Waals surface area contributed by atoms with Gasteiger partial charge in [0.25, 0.3) is 0 Å². The molecule has 1 amide bonds. The number of benzene rings is 1. The molecule has 3 aromatic rings. The molecule has 0 aliphatic heterocycles. The van der Waals surface area contributed by atoms with Crippen LogP contribution in [0, 0.1) is 0 Å². The molecule has 0 saturated heterocycles. The Balaban J connectivity index is 1.30. The van der Waals surface area contributed by atoms with Crippen LogP contribution in [-0.2, 0) is 11.2 Å². The molecule has 0 atom stereocenters. The van der Waals surface area contributed by atoms with E-state index >= 15 is 0 Å². The van der Waals surface area contributed by atoms with Crippen molar-refractivity contribution in [3.8, 4) is 5.75 Å². The van der Waals surface area contributed by atoms with E-state index in [1.807, 2.05) is 30.5 Å². The molecule has 0 bridgehead atoms. The molecule has 6 nitrogen and oxygen atoms in total. The highest BCUT2D eigenvalue weighted by atomic mass is 16.5. The molecule has 0 radical (unpaired) electrons. The molecule has 1 saturated carbocycles. The van der Waals surface area contributed by atoms with E-state index in [9.17, 15) is 4.79 Å². The number of hydrogen-bond acceptors (Lipinski definition) is 4. The van der Waals surface area contributed by atoms with E-state index < -0.39 is 0 Å². The van der Waals surface area contributed by atoms with Crippen molar-refractivity contribution in [3.05, 3.63) is 54.9 Å². The number of nitrogens with zero attached hydrogens (tertiary/aromatic N) is 2. The zero-order chi connectivity index (χ0) is 17.8. The van der Waals surface area contributed by atoms with Gasteiger partial charge in [0.15, 0.2) is 0 Å². The summed E-state index contributed by atoms with van der Waals surface area (Å²) in [6.45, 7) is 0. The summed E-state index contributed by atoms with van der Waals surface area (Å²) in [6.07, 6.45) is 11.2. The monoisotopic (exact) mass is 350 g/mol. The lowest BCUT2D eigenvalue weighted by Gasteiger charge is -2.29. The molecule has 0 spiro atoms. The minimum absolute atomic E-state index is 0.0418. The van der Waals surface area contributed by atoms with Gasteiger partial charge in [-0.2, -0.15) is 0 Å². The highest BCUT2D eigenvalue weighted by Crippen LogP contribution is 2.29. The van der Waals surface area contributed by atoms with Crippen molar-refractivity contribution in [2.45, 2.75) is 44.2 Å². The number of carbonyl (C=O) groups excluding carboxylic acids is 1. The molecule has 4 rings (SSSR count). The Morgan fingerprint density at radius 1 is 1.15 bits per heavy atom. The van der Waals surface area contributed by atoms with Crippen LogP contribution in [-0.4, -0.2) is 33.0 Å². The standard InChI is InChI=1S/C20H22N4O2/c25-20(10-16-12-22-13-23-16)24-15-4-6-17(7-5-15)26-19-3-1-2-14-11-21-9-8-18(14)19/h1-3,8-9,11-13,15,17H,4-7,10H2,(H,22,23)(H,24,25). The van der Waals surface area contributed by atoms with Crippen molar-refractivity contribution >= 4 is 16.7 Å². The topological polar surface area (TPSA) is 79.9 Å². The molecule has 1 aliphatic rings. The van der Waals surface area contributed by atoms with Crippen LogP contribution >= 0.6 is 0 Å². The second-order valence-electron chi connectivity index (χ2n) is 6.77. The van der Waals surface area contributed by atoms with Crippen molar-refractivity contribution in [1.29, 1.82) is 0 Å². The van der Waals surface area contributed by atoms with Gasteiger partial charge in [-0.05, 0) is 37.8 Å². The molecule has 6 heteroatoms. The van der Waals surface area contributed by atoms with E-state index in [1.54, 1.807) is 18.7 Å². The average molecular weight is 350 g/mol. The summed E-state index contributed by atoms with van der Waals surface area (Å²) >= 11 is 0. The number of imidazole rings is 1. The fraction of sp³-hybridized carbons (Fsp3) is 0.350. The van der Waals surface area contributed by atoms with Crippen LogP contribution in [0.3, 0.4) is 0 Å². The summed E-state index contributed by atoms with van der Waals surface area (Å²) in [7, 11) is 0. The zero-order valence-electron chi connectivity index (χ0n) is 14.5. The third-order valence-electron chi connectivity index (χ3n) is 4.88. The number of nitrogens with one attached hydrogen (secondary N) is 2. The third-order valence-corrected chi connectivity index (χ3v) is 4.88. The van der Waals surface area contributed by atoms with Crippen molar-refractivity contribution in [1.82, 2.24) is 20.3 Å². The number of H-pyrrole nitrogens is 1. The Morgan fingerprint density at radius 3 is 2.85 bits per heavy atom. The Morgan fingerprint density at radius 2 is 2.04 bits per heavy atom. The maximum atomic E-state index is 12.1. The van der Waals surface area contributed by atoms with Crippen LogP contribution in [0.1, 0.15) is 31.4 Å². The summed E-state index contributed by atoms with van der Waals surface area (Å²) in [4.78, 5) is 23.2. The fourth-order valence-corrected chi connectivity index (χ4v) is 3.53. The number of hydrogen-bond donors (Lipinski definition) is 2. The van der Waals surface area contributed by atoms with Gasteiger partial charge in [-0.25, -0.2) is 4.98 Å². The molecular weight excluding hydrogens is 328 g/mol. The van der Waals surface area contributed by atoms with Crippen molar-refractivity contribution in [2.75, 3.05) is 0 Å². The fourth-order valence-electron chi connectivity index (χ4n) is 3.53. The Kier molecular flexibility index (Phi) is 4.82. The quantitative estimate of drug-likeness (QED) is 0.741. The smallest absolute Gasteiger partial charge is 0.226 e. The molecule has 1 aromatic carbocycles. The predicted molar refractivity (Wildman–Crippen MR) is 98.8 cm³/mol. The van der Waals surface area contributed by atoms with Crippen molar-refractivity contribution < 1.29 is 9.53 Å². The Labute approximate surface area is 152 Å². The van der Waals surface area contributed by atoms with E-state index in [-0.39, 0.29) is 18.1 Å². The first-order valence-electron chi connectivity index (χ1n) is 9.04. The predicted octanol–water partition coefficient (Wildman–Crippen LogP) is 3.01. The van der Waals surface area contributed by atoms with E-state index in [0.717, 1.165) is 47.9 Å². The molecule has 2 N–H and O–H groups in total. The number of rotatable bonds is 5. The van der Waals surface area contributed by atoms with E-state index in [0.29, 0.717) is 6.42 Å². The SMILES string of the molecule is O=C(Cc1cnc[nH]1)NC1CCC(Oc2cccc3cnccc23)CC1. The first-order valence-corrected chi connectivity index (χ1v) is 9.04. The number of aromatic nitrogens is 3. The minimum atomic E-state index is 0.0418. The minimum Gasteiger partial charge on any atom is -0.490 e. The van der Waals surface area contributed by atoms with Gasteiger partial charge >= 0.3 is 0 Å². The largest absolute Gasteiger partial charge is 0.490 e. The number of aromatic amines is 1. The summed E-state index contributed by atoms with van der Waals surface area (Å²) in [5, 5.41) is 5.30. The molecular formula is C20H22N4O2. The first-order chi connectivity index (χ1) is 12.8. The number of ether oxygens (including phenoxy) is 1. The molecule has 0 unspecified atom stereocenters. The Hall–Kier alpha value is -2.89. The third kappa shape index (κ3) is 3.85. The second kappa shape index (κ2) is 7.56. The van der Waals surface area contributed by atoms with E-state index in [1.165, 1.54) is 0 Å². The summed E-state index contributed by atoms with van der Waals surface area (Å²) < 4.78 is 6.25. The van der Waals surface area contributed by atoms with Crippen LogP contribution in [0.5, 0.6) is 5.75 Å². The van der Waals surface area contributed by atoms with Crippen molar-refractivity contribution in [2.24, 2.45) is 0 Å². The van der Waals surface area contributed by atoms with Gasteiger partial charge in [0, 0.05) is 41.1 Å². The van der Waals surface area contributed by atoms with Gasteiger partial charge in [-0.3, -0.25) is 9.78 Å². The van der Waals surface area contributed by atoms with Crippen LogP contribution in [0.2, 0.25) is 0 Å². The summed E-state index contributed by atoms with van der Waals surface area (Å²) in [6, 6.07) is 8.27. The highest BCUT2D eigenvalue weighted by Gasteiger charge is 2.24. The zero-order valence-corrected chi connectivity index (χ0v) is 14.5. The number of carbonyl (C=O) groups is 1. The number of amides is 1. The normalized spacial score (nSPS) is 20.0. The van der Waals surface area contributed by atoms with Crippen LogP contribution < -0.4 is 10.1 Å². The summed E-state index contributed by atoms with van der Waals surface area (Å²) in [5.41, 5.74) is 0.838. The number of fused-ring (bicyclic) bond motifs is 1. The van der Waals surface area contributed by atoms with Gasteiger partial charge in [0.05, 0.1) is 18.9 Å². The first kappa shape index (κ1) is 16.6. The average Bonchev–Trinajstić information content (AvgIpc) is 3.16. The lowest BCUT2D eigenvalue weighted by Crippen LogP contribution is -2.40. The van der Waals surface area contributed by atoms with Crippen LogP contribution in [0.4, 0.5) is 0 Å².